The fourth-order valence-electron chi connectivity index (χ4n) is 0.204. The van der Waals surface area contributed by atoms with E-state index in [1.807, 2.05) is 0 Å². The predicted molar refractivity (Wildman–Crippen MR) is 30.8 cm³/mol. The molecule has 0 saturated heterocycles. The van der Waals surface area contributed by atoms with E-state index >= 15 is 0 Å². The molecule has 0 unspecified atom stereocenters. The summed E-state index contributed by atoms with van der Waals surface area (Å²) in [4.78, 5) is 19.0. The van der Waals surface area contributed by atoms with Gasteiger partial charge in [0, 0.05) is 11.9 Å². The van der Waals surface area contributed by atoms with Gasteiger partial charge in [-0.15, -0.1) is 0 Å². The molecule has 0 bridgehead atoms. The summed E-state index contributed by atoms with van der Waals surface area (Å²) >= 11 is 0. The van der Waals surface area contributed by atoms with E-state index in [1.54, 1.807) is 0 Å². The molecular weight excluding hydrogens is 349 g/mol. The molecule has 4 nitrogen and oxygen atoms in total. The quantitative estimate of drug-likeness (QED) is 0.493. The monoisotopic (exact) mass is 356 g/mol. The van der Waals surface area contributed by atoms with Crippen molar-refractivity contribution < 1.29 is 19.8 Å². The van der Waals surface area contributed by atoms with Crippen molar-refractivity contribution in [2.45, 2.75) is 12.8 Å². The maximum absolute atomic E-state index is 9.50. The van der Waals surface area contributed by atoms with Crippen LogP contribution in [0.15, 0.2) is 0 Å². The van der Waals surface area contributed by atoms with E-state index in [0.717, 1.165) is 0 Å². The second-order valence-corrected chi connectivity index (χ2v) is 1.24. The smallest absolute Gasteiger partial charge is 0.550 e. The molecule has 0 aliphatic carbocycles. The summed E-state index contributed by atoms with van der Waals surface area (Å²) in [6, 6.07) is 0. The molecule has 0 saturated carbocycles. The second kappa shape index (κ2) is 9.54. The van der Waals surface area contributed by atoms with E-state index in [1.165, 1.54) is 0 Å². The third kappa shape index (κ3) is 15.8. The molecule has 0 spiro atoms. The van der Waals surface area contributed by atoms with Gasteiger partial charge in [-0.1, -0.05) is 0 Å². The van der Waals surface area contributed by atoms with Gasteiger partial charge in [0.2, 0.25) is 0 Å². The van der Waals surface area contributed by atoms with Gasteiger partial charge in [0.15, 0.2) is 0 Å². The Hall–Kier alpha value is 0.537. The van der Waals surface area contributed by atoms with Gasteiger partial charge >= 0.3 is 47.8 Å². The zero-order valence-electron chi connectivity index (χ0n) is 5.05. The summed E-state index contributed by atoms with van der Waals surface area (Å²) in [6.07, 6.45) is -0.940. The van der Waals surface area contributed by atoms with Crippen LogP contribution in [0.5, 0.6) is 0 Å². The van der Waals surface area contributed by atoms with Crippen LogP contribution in [-0.4, -0.2) is 59.8 Å². The second-order valence-electron chi connectivity index (χ2n) is 1.24. The van der Waals surface area contributed by atoms with E-state index in [-0.39, 0.29) is 47.8 Å². The molecule has 0 aliphatic rings. The SMILES string of the molecule is O=C([O-])CCC(=O)[O-].[Sn+4].[Sn+4]. The summed E-state index contributed by atoms with van der Waals surface area (Å²) in [5, 5.41) is 19.0. The minimum Gasteiger partial charge on any atom is -0.550 e. The zero-order chi connectivity index (χ0) is 6.57. The molecule has 0 rings (SSSR count). The van der Waals surface area contributed by atoms with Crippen molar-refractivity contribution >= 4 is 59.8 Å². The Morgan fingerprint density at radius 2 is 1.10 bits per heavy atom. The van der Waals surface area contributed by atoms with Crippen LogP contribution < -0.4 is 10.2 Å². The number of rotatable bonds is 3. The van der Waals surface area contributed by atoms with Crippen LogP contribution in [0, 0.1) is 0 Å². The third-order valence-electron chi connectivity index (χ3n) is 0.533. The number of hydrogen-bond donors (Lipinski definition) is 0. The van der Waals surface area contributed by atoms with Gasteiger partial charge in [-0.25, -0.2) is 0 Å². The maximum atomic E-state index is 9.50. The van der Waals surface area contributed by atoms with Crippen molar-refractivity contribution in [3.8, 4) is 0 Å². The van der Waals surface area contributed by atoms with Crippen molar-refractivity contribution in [2.75, 3.05) is 0 Å². The first kappa shape index (κ1) is 16.9. The Kier molecular flexibility index (Phi) is 16.1. The van der Waals surface area contributed by atoms with Crippen molar-refractivity contribution in [1.29, 1.82) is 0 Å². The van der Waals surface area contributed by atoms with Crippen LogP contribution in [-0.2, 0) is 9.59 Å². The van der Waals surface area contributed by atoms with E-state index < -0.39 is 24.8 Å². The fraction of sp³-hybridized carbons (Fsp3) is 0.500. The van der Waals surface area contributed by atoms with Gasteiger partial charge in [-0.2, -0.15) is 0 Å². The van der Waals surface area contributed by atoms with Crippen molar-refractivity contribution in [3.05, 3.63) is 0 Å². The number of carbonyl (C=O) groups excluding carboxylic acids is 2. The Bertz CT molecular complexity index is 99.8. The molecule has 0 heterocycles. The number of aliphatic carboxylic acids is 2. The van der Waals surface area contributed by atoms with Crippen LogP contribution in [0.4, 0.5) is 0 Å². The van der Waals surface area contributed by atoms with Gasteiger partial charge in [0.05, 0.1) is 0 Å². The molecule has 0 aromatic rings. The molecule has 0 amide bonds. The summed E-state index contributed by atoms with van der Waals surface area (Å²) in [7, 11) is 0. The van der Waals surface area contributed by atoms with Gasteiger partial charge < -0.3 is 19.8 Å². The Morgan fingerprint density at radius 1 is 0.900 bits per heavy atom. The first-order valence-corrected chi connectivity index (χ1v) is 2.02. The number of carbonyl (C=O) groups is 2. The van der Waals surface area contributed by atoms with Crippen LogP contribution in [0.2, 0.25) is 0 Å². The molecule has 0 atom stereocenters. The van der Waals surface area contributed by atoms with Gasteiger partial charge in [-0.3, -0.25) is 0 Å². The Balaban J connectivity index is -0.000000245. The zero-order valence-corrected chi connectivity index (χ0v) is 10.8. The molecule has 0 N–H and O–H groups in total. The first-order chi connectivity index (χ1) is 3.63. The van der Waals surface area contributed by atoms with Crippen molar-refractivity contribution in [1.82, 2.24) is 0 Å². The molecule has 46 valence electrons. The molecular formula is C4H4O4Sn2+6. The van der Waals surface area contributed by atoms with Crippen LogP contribution in [0.3, 0.4) is 0 Å². The number of carboxylic acid groups (broad SMARTS) is 2. The predicted octanol–water partition coefficient (Wildman–Crippen LogP) is -3.50. The first-order valence-electron chi connectivity index (χ1n) is 2.02. The minimum atomic E-state index is -1.37. The molecule has 6 heteroatoms. The average Bonchev–Trinajstić information content (AvgIpc) is 1.61. The molecule has 0 fully saturated rings. The summed E-state index contributed by atoms with van der Waals surface area (Å²) in [5.74, 6) is -2.73. The molecule has 0 aromatic carbocycles. The molecule has 0 aromatic heterocycles. The van der Waals surface area contributed by atoms with Crippen LogP contribution >= 0.6 is 0 Å². The van der Waals surface area contributed by atoms with E-state index in [9.17, 15) is 19.8 Å². The van der Waals surface area contributed by atoms with E-state index in [4.69, 9.17) is 0 Å². The summed E-state index contributed by atoms with van der Waals surface area (Å²) in [6.45, 7) is 0. The van der Waals surface area contributed by atoms with Crippen molar-refractivity contribution in [2.24, 2.45) is 0 Å². The molecule has 10 heavy (non-hydrogen) atoms. The average molecular weight is 353 g/mol. The van der Waals surface area contributed by atoms with Gasteiger partial charge in [0.25, 0.3) is 0 Å². The standard InChI is InChI=1S/C4H6O4.2Sn/c5-3(6)1-2-4(7)8;;/h1-2H2,(H,5,6)(H,7,8);;/q;2*+4/p-2. The number of hydrogen-bond acceptors (Lipinski definition) is 4. The fourth-order valence-corrected chi connectivity index (χ4v) is 0.204. The van der Waals surface area contributed by atoms with E-state index in [0.29, 0.717) is 0 Å². The van der Waals surface area contributed by atoms with Gasteiger partial charge in [-0.05, 0) is 12.8 Å². The Labute approximate surface area is 91.9 Å². The largest absolute Gasteiger partial charge is 4.00 e. The minimum absolute atomic E-state index is 0. The van der Waals surface area contributed by atoms with Crippen molar-refractivity contribution in [3.63, 3.8) is 0 Å². The third-order valence-corrected chi connectivity index (χ3v) is 0.533. The van der Waals surface area contributed by atoms with E-state index in [2.05, 4.69) is 0 Å². The van der Waals surface area contributed by atoms with Gasteiger partial charge in [0.1, 0.15) is 0 Å². The maximum Gasteiger partial charge on any atom is 4.00 e. The summed E-state index contributed by atoms with van der Waals surface area (Å²) in [5.41, 5.74) is 0. The van der Waals surface area contributed by atoms with Crippen LogP contribution in [0.25, 0.3) is 0 Å². The number of carboxylic acids is 2. The van der Waals surface area contributed by atoms with Crippen LogP contribution in [0.1, 0.15) is 12.8 Å². The summed E-state index contributed by atoms with van der Waals surface area (Å²) < 4.78 is 0. The Morgan fingerprint density at radius 3 is 1.20 bits per heavy atom. The topological polar surface area (TPSA) is 80.3 Å². The molecule has 0 aliphatic heterocycles. The normalized spacial score (nSPS) is 6.80. The molecule has 0 radical (unpaired) electrons.